The Kier molecular flexibility index (Phi) is 6.03. The lowest BCUT2D eigenvalue weighted by Crippen LogP contribution is -2.36. The second-order valence-corrected chi connectivity index (χ2v) is 5.64. The average Bonchev–Trinajstić information content (AvgIpc) is 2.76. The van der Waals surface area contributed by atoms with Gasteiger partial charge in [-0.1, -0.05) is 19.4 Å². The summed E-state index contributed by atoms with van der Waals surface area (Å²) in [6.07, 6.45) is 1.17. The number of hydrogen-bond donors (Lipinski definition) is 1. The summed E-state index contributed by atoms with van der Waals surface area (Å²) in [5.41, 5.74) is 5.78. The Morgan fingerprint density at radius 3 is 2.62 bits per heavy atom. The van der Waals surface area contributed by atoms with Crippen molar-refractivity contribution in [2.75, 3.05) is 13.1 Å². The lowest BCUT2D eigenvalue weighted by Gasteiger charge is -2.29. The maximum absolute atomic E-state index is 5.78. The Balaban J connectivity index is 2.54. The summed E-state index contributed by atoms with van der Waals surface area (Å²) in [5, 5.41) is 2.15. The third-order valence-electron chi connectivity index (χ3n) is 3.07. The van der Waals surface area contributed by atoms with Crippen LogP contribution in [0.1, 0.15) is 32.1 Å². The van der Waals surface area contributed by atoms with Crippen LogP contribution < -0.4 is 5.73 Å². The standard InChI is InChI=1S/C13H24N2S/c1-4-12(8-14)9-15(11(2)3)10-13-6-5-7-16-13/h5-7,11-12H,4,8-10,14H2,1-3H3. The van der Waals surface area contributed by atoms with Crippen LogP contribution in [0.15, 0.2) is 17.5 Å². The average molecular weight is 240 g/mol. The van der Waals surface area contributed by atoms with Gasteiger partial charge in [0.15, 0.2) is 0 Å². The van der Waals surface area contributed by atoms with Crippen LogP contribution in [0.5, 0.6) is 0 Å². The van der Waals surface area contributed by atoms with E-state index in [0.29, 0.717) is 12.0 Å². The van der Waals surface area contributed by atoms with E-state index in [0.717, 1.165) is 19.6 Å². The first-order valence-corrected chi connectivity index (χ1v) is 7.01. The molecule has 0 saturated carbocycles. The van der Waals surface area contributed by atoms with Gasteiger partial charge >= 0.3 is 0 Å². The van der Waals surface area contributed by atoms with Crippen molar-refractivity contribution < 1.29 is 0 Å². The van der Waals surface area contributed by atoms with Crippen molar-refractivity contribution in [3.8, 4) is 0 Å². The predicted octanol–water partition coefficient (Wildman–Crippen LogP) is 2.94. The second-order valence-electron chi connectivity index (χ2n) is 4.61. The fourth-order valence-electron chi connectivity index (χ4n) is 1.76. The summed E-state index contributed by atoms with van der Waals surface area (Å²) in [4.78, 5) is 3.97. The van der Waals surface area contributed by atoms with E-state index >= 15 is 0 Å². The van der Waals surface area contributed by atoms with E-state index in [1.165, 1.54) is 11.3 Å². The molecule has 2 N–H and O–H groups in total. The van der Waals surface area contributed by atoms with Gasteiger partial charge in [-0.3, -0.25) is 4.90 Å². The third kappa shape index (κ3) is 4.24. The molecule has 0 saturated heterocycles. The summed E-state index contributed by atoms with van der Waals surface area (Å²) in [7, 11) is 0. The number of nitrogens with two attached hydrogens (primary N) is 1. The molecule has 1 aromatic rings. The lowest BCUT2D eigenvalue weighted by molar-refractivity contribution is 0.180. The second kappa shape index (κ2) is 7.05. The molecule has 3 heteroatoms. The third-order valence-corrected chi connectivity index (χ3v) is 3.93. The van der Waals surface area contributed by atoms with Gasteiger partial charge in [-0.25, -0.2) is 0 Å². The van der Waals surface area contributed by atoms with E-state index in [2.05, 4.69) is 43.2 Å². The topological polar surface area (TPSA) is 29.3 Å². The van der Waals surface area contributed by atoms with Gasteiger partial charge in [-0.05, 0) is 37.8 Å². The van der Waals surface area contributed by atoms with E-state index < -0.39 is 0 Å². The van der Waals surface area contributed by atoms with Gasteiger partial charge in [0, 0.05) is 24.0 Å². The molecular formula is C13H24N2S. The Bertz CT molecular complexity index is 265. The van der Waals surface area contributed by atoms with Crippen LogP contribution in [0, 0.1) is 5.92 Å². The number of hydrogen-bond acceptors (Lipinski definition) is 3. The smallest absolute Gasteiger partial charge is 0.0330 e. The molecule has 0 radical (unpaired) electrons. The number of nitrogens with zero attached hydrogens (tertiary/aromatic N) is 1. The van der Waals surface area contributed by atoms with Crippen molar-refractivity contribution >= 4 is 11.3 Å². The molecule has 1 atom stereocenters. The molecule has 0 fully saturated rings. The minimum absolute atomic E-state index is 0.586. The lowest BCUT2D eigenvalue weighted by atomic mass is 10.1. The summed E-state index contributed by atoms with van der Waals surface area (Å²) in [5.74, 6) is 0.627. The maximum atomic E-state index is 5.78. The first kappa shape index (κ1) is 13.7. The molecule has 2 nitrogen and oxygen atoms in total. The molecule has 1 heterocycles. The van der Waals surface area contributed by atoms with Crippen molar-refractivity contribution in [3.63, 3.8) is 0 Å². The largest absolute Gasteiger partial charge is 0.330 e. The molecule has 1 unspecified atom stereocenters. The fourth-order valence-corrected chi connectivity index (χ4v) is 2.49. The van der Waals surface area contributed by atoms with Crippen LogP contribution in [0.2, 0.25) is 0 Å². The quantitative estimate of drug-likeness (QED) is 0.794. The normalized spacial score (nSPS) is 13.6. The Morgan fingerprint density at radius 2 is 2.19 bits per heavy atom. The van der Waals surface area contributed by atoms with E-state index in [-0.39, 0.29) is 0 Å². The molecule has 0 aliphatic heterocycles. The van der Waals surface area contributed by atoms with E-state index in [4.69, 9.17) is 5.73 Å². The molecule has 1 rings (SSSR count). The molecule has 0 aromatic carbocycles. The van der Waals surface area contributed by atoms with Crippen LogP contribution in [-0.4, -0.2) is 24.0 Å². The van der Waals surface area contributed by atoms with Crippen LogP contribution in [0.3, 0.4) is 0 Å². The maximum Gasteiger partial charge on any atom is 0.0330 e. The molecule has 92 valence electrons. The van der Waals surface area contributed by atoms with Crippen molar-refractivity contribution in [2.24, 2.45) is 11.7 Å². The van der Waals surface area contributed by atoms with Crippen molar-refractivity contribution in [3.05, 3.63) is 22.4 Å². The molecule has 0 aliphatic rings. The molecule has 16 heavy (non-hydrogen) atoms. The highest BCUT2D eigenvalue weighted by Gasteiger charge is 2.15. The summed E-state index contributed by atoms with van der Waals surface area (Å²) >= 11 is 1.84. The van der Waals surface area contributed by atoms with Crippen molar-refractivity contribution in [1.29, 1.82) is 0 Å². The van der Waals surface area contributed by atoms with E-state index in [1.807, 2.05) is 11.3 Å². The molecular weight excluding hydrogens is 216 g/mol. The highest BCUT2D eigenvalue weighted by Crippen LogP contribution is 2.16. The highest BCUT2D eigenvalue weighted by molar-refractivity contribution is 7.09. The van der Waals surface area contributed by atoms with Gasteiger partial charge in [0.2, 0.25) is 0 Å². The number of thiophene rings is 1. The molecule has 0 bridgehead atoms. The molecule has 0 amide bonds. The summed E-state index contributed by atoms with van der Waals surface area (Å²) in [6, 6.07) is 4.92. The molecule has 1 aromatic heterocycles. The Morgan fingerprint density at radius 1 is 1.44 bits per heavy atom. The fraction of sp³-hybridized carbons (Fsp3) is 0.692. The van der Waals surface area contributed by atoms with Crippen LogP contribution in [-0.2, 0) is 6.54 Å². The first-order valence-electron chi connectivity index (χ1n) is 6.13. The Hall–Kier alpha value is -0.380. The summed E-state index contributed by atoms with van der Waals surface area (Å²) < 4.78 is 0. The molecule has 0 spiro atoms. The van der Waals surface area contributed by atoms with Gasteiger partial charge in [0.05, 0.1) is 0 Å². The first-order chi connectivity index (χ1) is 7.67. The molecule has 0 aliphatic carbocycles. The number of rotatable bonds is 7. The minimum Gasteiger partial charge on any atom is -0.330 e. The zero-order chi connectivity index (χ0) is 12.0. The van der Waals surface area contributed by atoms with E-state index in [9.17, 15) is 0 Å². The van der Waals surface area contributed by atoms with Crippen molar-refractivity contribution in [1.82, 2.24) is 4.90 Å². The zero-order valence-electron chi connectivity index (χ0n) is 10.6. The minimum atomic E-state index is 0.586. The SMILES string of the molecule is CCC(CN)CN(Cc1cccs1)C(C)C. The monoisotopic (exact) mass is 240 g/mol. The van der Waals surface area contributed by atoms with Gasteiger partial charge < -0.3 is 5.73 Å². The van der Waals surface area contributed by atoms with Gasteiger partial charge in [0.1, 0.15) is 0 Å². The summed E-state index contributed by atoms with van der Waals surface area (Å²) in [6.45, 7) is 9.72. The predicted molar refractivity (Wildman–Crippen MR) is 72.7 cm³/mol. The Labute approximate surface area is 103 Å². The van der Waals surface area contributed by atoms with Crippen LogP contribution in [0.4, 0.5) is 0 Å². The van der Waals surface area contributed by atoms with Gasteiger partial charge in [-0.15, -0.1) is 11.3 Å². The van der Waals surface area contributed by atoms with Crippen LogP contribution in [0.25, 0.3) is 0 Å². The van der Waals surface area contributed by atoms with E-state index in [1.54, 1.807) is 0 Å². The van der Waals surface area contributed by atoms with Gasteiger partial charge in [0.25, 0.3) is 0 Å². The van der Waals surface area contributed by atoms with Crippen molar-refractivity contribution in [2.45, 2.75) is 39.8 Å². The highest BCUT2D eigenvalue weighted by atomic mass is 32.1. The van der Waals surface area contributed by atoms with Crippen LogP contribution >= 0.6 is 11.3 Å². The van der Waals surface area contributed by atoms with Gasteiger partial charge in [-0.2, -0.15) is 0 Å². The zero-order valence-corrected chi connectivity index (χ0v) is 11.5.